The molecule has 0 aromatic heterocycles. The van der Waals surface area contributed by atoms with Crippen LogP contribution < -0.4 is 19.7 Å². The summed E-state index contributed by atoms with van der Waals surface area (Å²) >= 11 is 5.86. The minimum atomic E-state index is -0.423. The maximum absolute atomic E-state index is 12.6. The number of anilines is 1. The average Bonchev–Trinajstić information content (AvgIpc) is 3.18. The van der Waals surface area contributed by atoms with Gasteiger partial charge in [-0.3, -0.25) is 9.59 Å². The van der Waals surface area contributed by atoms with Gasteiger partial charge in [-0.1, -0.05) is 11.6 Å². The molecule has 2 amide bonds. The SMILES string of the molecule is O=C1CC([NH2+]Cc2ccc3c(c2)OCO3)C(=O)N1c1ccc(Cl)cc1. The van der Waals surface area contributed by atoms with Gasteiger partial charge in [0.25, 0.3) is 5.91 Å². The van der Waals surface area contributed by atoms with Crippen molar-refractivity contribution in [1.82, 2.24) is 0 Å². The highest BCUT2D eigenvalue weighted by Gasteiger charge is 2.42. The Hall–Kier alpha value is -2.57. The first kappa shape index (κ1) is 15.9. The molecule has 128 valence electrons. The molecule has 1 atom stereocenters. The van der Waals surface area contributed by atoms with Gasteiger partial charge in [-0.15, -0.1) is 0 Å². The van der Waals surface area contributed by atoms with E-state index in [2.05, 4.69) is 0 Å². The Kier molecular flexibility index (Phi) is 4.07. The first-order valence-corrected chi connectivity index (χ1v) is 8.34. The van der Waals surface area contributed by atoms with E-state index in [1.807, 2.05) is 23.5 Å². The molecule has 25 heavy (non-hydrogen) atoms. The van der Waals surface area contributed by atoms with Gasteiger partial charge in [0.05, 0.1) is 12.1 Å². The number of benzene rings is 2. The molecule has 2 aliphatic heterocycles. The number of halogens is 1. The molecule has 7 heteroatoms. The molecule has 2 N–H and O–H groups in total. The molecule has 0 bridgehead atoms. The van der Waals surface area contributed by atoms with Crippen molar-refractivity contribution < 1.29 is 24.4 Å². The van der Waals surface area contributed by atoms with Gasteiger partial charge >= 0.3 is 0 Å². The second kappa shape index (κ2) is 6.38. The van der Waals surface area contributed by atoms with Crippen LogP contribution in [0.25, 0.3) is 0 Å². The number of rotatable bonds is 4. The van der Waals surface area contributed by atoms with Crippen LogP contribution in [0.5, 0.6) is 11.5 Å². The Bertz CT molecular complexity index is 837. The predicted octanol–water partition coefficient (Wildman–Crippen LogP) is 1.46. The van der Waals surface area contributed by atoms with Crippen molar-refractivity contribution in [2.45, 2.75) is 19.0 Å². The van der Waals surface area contributed by atoms with Crippen molar-refractivity contribution >= 4 is 29.1 Å². The van der Waals surface area contributed by atoms with Crippen LogP contribution in [0.15, 0.2) is 42.5 Å². The van der Waals surface area contributed by atoms with Crippen LogP contribution >= 0.6 is 11.6 Å². The molecule has 2 heterocycles. The number of quaternary nitrogens is 1. The lowest BCUT2D eigenvalue weighted by Crippen LogP contribution is -2.90. The first-order chi connectivity index (χ1) is 12.1. The summed E-state index contributed by atoms with van der Waals surface area (Å²) in [5.74, 6) is 1.04. The second-order valence-electron chi connectivity index (χ2n) is 5.98. The molecule has 0 radical (unpaired) electrons. The van der Waals surface area contributed by atoms with E-state index >= 15 is 0 Å². The highest BCUT2D eigenvalue weighted by atomic mass is 35.5. The van der Waals surface area contributed by atoms with E-state index in [-0.39, 0.29) is 25.0 Å². The molecule has 1 unspecified atom stereocenters. The maximum atomic E-state index is 12.6. The van der Waals surface area contributed by atoms with Gasteiger partial charge < -0.3 is 14.8 Å². The summed E-state index contributed by atoms with van der Waals surface area (Å²) < 4.78 is 10.6. The molecule has 1 saturated heterocycles. The number of nitrogens with zero attached hydrogens (tertiary/aromatic N) is 1. The monoisotopic (exact) mass is 359 g/mol. The van der Waals surface area contributed by atoms with Gasteiger partial charge in [-0.05, 0) is 42.5 Å². The number of hydrogen-bond acceptors (Lipinski definition) is 4. The number of amides is 2. The zero-order valence-electron chi connectivity index (χ0n) is 13.3. The Balaban J connectivity index is 1.44. The zero-order valence-corrected chi connectivity index (χ0v) is 14.0. The number of carbonyl (C=O) groups excluding carboxylic acids is 2. The van der Waals surface area contributed by atoms with Crippen LogP contribution in [0.1, 0.15) is 12.0 Å². The Morgan fingerprint density at radius 3 is 2.64 bits per heavy atom. The van der Waals surface area contributed by atoms with Gasteiger partial charge in [0, 0.05) is 10.6 Å². The molecular weight excluding hydrogens is 344 g/mol. The quantitative estimate of drug-likeness (QED) is 0.839. The van der Waals surface area contributed by atoms with Crippen LogP contribution in [0.3, 0.4) is 0 Å². The van der Waals surface area contributed by atoms with Crippen LogP contribution in [0.4, 0.5) is 5.69 Å². The topological polar surface area (TPSA) is 72.5 Å². The summed E-state index contributed by atoms with van der Waals surface area (Å²) in [7, 11) is 0. The van der Waals surface area contributed by atoms with E-state index in [0.717, 1.165) is 11.3 Å². The fourth-order valence-corrected chi connectivity index (χ4v) is 3.17. The van der Waals surface area contributed by atoms with Crippen molar-refractivity contribution in [3.8, 4) is 11.5 Å². The van der Waals surface area contributed by atoms with E-state index in [0.29, 0.717) is 23.0 Å². The van der Waals surface area contributed by atoms with E-state index in [1.165, 1.54) is 4.90 Å². The maximum Gasteiger partial charge on any atom is 0.292 e. The van der Waals surface area contributed by atoms with E-state index in [1.54, 1.807) is 24.3 Å². The highest BCUT2D eigenvalue weighted by molar-refractivity contribution is 6.30. The summed E-state index contributed by atoms with van der Waals surface area (Å²) in [5.41, 5.74) is 1.56. The summed E-state index contributed by atoms with van der Waals surface area (Å²) in [4.78, 5) is 26.1. The van der Waals surface area contributed by atoms with Crippen molar-refractivity contribution in [1.29, 1.82) is 0 Å². The molecule has 6 nitrogen and oxygen atoms in total. The smallest absolute Gasteiger partial charge is 0.292 e. The number of nitrogens with two attached hydrogens (primary N) is 1. The largest absolute Gasteiger partial charge is 0.454 e. The second-order valence-corrected chi connectivity index (χ2v) is 6.42. The average molecular weight is 360 g/mol. The predicted molar refractivity (Wildman–Crippen MR) is 90.5 cm³/mol. The number of fused-ring (bicyclic) bond motifs is 1. The number of carbonyl (C=O) groups is 2. The molecule has 0 saturated carbocycles. The third-order valence-corrected chi connectivity index (χ3v) is 4.59. The molecule has 4 rings (SSSR count). The van der Waals surface area contributed by atoms with E-state index < -0.39 is 6.04 Å². The Morgan fingerprint density at radius 1 is 1.08 bits per heavy atom. The number of hydrogen-bond donors (Lipinski definition) is 1. The molecule has 2 aliphatic rings. The summed E-state index contributed by atoms with van der Waals surface area (Å²) in [6, 6.07) is 12.0. The van der Waals surface area contributed by atoms with Gasteiger partial charge in [0.2, 0.25) is 12.7 Å². The van der Waals surface area contributed by atoms with E-state index in [4.69, 9.17) is 21.1 Å². The van der Waals surface area contributed by atoms with Gasteiger partial charge in [-0.2, -0.15) is 0 Å². The molecule has 1 fully saturated rings. The minimum Gasteiger partial charge on any atom is -0.454 e. The lowest BCUT2D eigenvalue weighted by Gasteiger charge is -2.14. The van der Waals surface area contributed by atoms with Crippen molar-refractivity contribution in [2.24, 2.45) is 0 Å². The van der Waals surface area contributed by atoms with Crippen LogP contribution in [0, 0.1) is 0 Å². The van der Waals surface area contributed by atoms with Gasteiger partial charge in [-0.25, -0.2) is 4.90 Å². The molecule has 2 aromatic rings. The first-order valence-electron chi connectivity index (χ1n) is 7.96. The van der Waals surface area contributed by atoms with Crippen LogP contribution in [-0.2, 0) is 16.1 Å². The molecular formula is C18H16ClN2O4+. The van der Waals surface area contributed by atoms with Crippen LogP contribution in [0.2, 0.25) is 5.02 Å². The fraction of sp³-hybridized carbons (Fsp3) is 0.222. The number of ether oxygens (including phenoxy) is 2. The number of imide groups is 1. The summed E-state index contributed by atoms with van der Waals surface area (Å²) in [5, 5.41) is 2.45. The lowest BCUT2D eigenvalue weighted by atomic mass is 10.1. The lowest BCUT2D eigenvalue weighted by molar-refractivity contribution is -0.690. The highest BCUT2D eigenvalue weighted by Crippen LogP contribution is 2.32. The van der Waals surface area contributed by atoms with E-state index in [9.17, 15) is 9.59 Å². The molecule has 0 spiro atoms. The fourth-order valence-electron chi connectivity index (χ4n) is 3.05. The van der Waals surface area contributed by atoms with Gasteiger partial charge in [0.15, 0.2) is 17.5 Å². The van der Waals surface area contributed by atoms with Crippen molar-refractivity contribution in [3.63, 3.8) is 0 Å². The molecule has 0 aliphatic carbocycles. The normalized spacial score (nSPS) is 18.9. The standard InChI is InChI=1S/C18H15ClN2O4/c19-12-2-4-13(5-3-12)21-17(22)8-14(18(21)23)20-9-11-1-6-15-16(7-11)25-10-24-15/h1-7,14,20H,8-10H2/p+1. The summed E-state index contributed by atoms with van der Waals surface area (Å²) in [6.45, 7) is 0.808. The van der Waals surface area contributed by atoms with Crippen molar-refractivity contribution in [3.05, 3.63) is 53.1 Å². The van der Waals surface area contributed by atoms with Crippen LogP contribution in [-0.4, -0.2) is 24.6 Å². The minimum absolute atomic E-state index is 0.187. The third-order valence-electron chi connectivity index (χ3n) is 4.34. The van der Waals surface area contributed by atoms with Gasteiger partial charge in [0.1, 0.15) is 6.54 Å². The Labute approximate surface area is 149 Å². The third kappa shape index (κ3) is 3.06. The zero-order chi connectivity index (χ0) is 17.4. The summed E-state index contributed by atoms with van der Waals surface area (Å²) in [6.07, 6.45) is 0.187. The Morgan fingerprint density at radius 2 is 1.84 bits per heavy atom. The van der Waals surface area contributed by atoms with Crippen molar-refractivity contribution in [2.75, 3.05) is 11.7 Å². The molecule has 2 aromatic carbocycles.